The molecule has 0 aliphatic carbocycles. The number of hydrogen-bond donors (Lipinski definition) is 2. The first-order valence-electron chi connectivity index (χ1n) is 9.66. The fraction of sp³-hybridized carbons (Fsp3) is 0.400. The molecule has 0 unspecified atom stereocenters. The molecule has 2 aromatic rings. The lowest BCUT2D eigenvalue weighted by molar-refractivity contribution is -0.116. The summed E-state index contributed by atoms with van der Waals surface area (Å²) in [4.78, 5) is 51.7. The number of nitrogen functional groups attached to an aromatic ring is 1. The zero-order chi connectivity index (χ0) is 21.8. The molecule has 0 saturated carbocycles. The van der Waals surface area contributed by atoms with Crippen molar-refractivity contribution in [3.63, 3.8) is 0 Å². The number of anilines is 3. The van der Waals surface area contributed by atoms with Crippen LogP contribution in [0.5, 0.6) is 0 Å². The highest BCUT2D eigenvalue weighted by atomic mass is 16.5. The normalized spacial score (nSPS) is 13.7. The molecule has 160 valence electrons. The van der Waals surface area contributed by atoms with Gasteiger partial charge in [0.25, 0.3) is 5.56 Å². The molecule has 1 fully saturated rings. The van der Waals surface area contributed by atoms with E-state index >= 15 is 0 Å². The average Bonchev–Trinajstić information content (AvgIpc) is 2.76. The topological polar surface area (TPSA) is 129 Å². The van der Waals surface area contributed by atoms with E-state index in [1.54, 1.807) is 18.2 Å². The van der Waals surface area contributed by atoms with Crippen molar-refractivity contribution >= 4 is 29.1 Å². The summed E-state index contributed by atoms with van der Waals surface area (Å²) in [6, 6.07) is 6.18. The number of ether oxygens (including phenoxy) is 1. The number of hydrogen-bond acceptors (Lipinski definition) is 7. The maximum absolute atomic E-state index is 13.0. The van der Waals surface area contributed by atoms with Gasteiger partial charge in [-0.25, -0.2) is 14.2 Å². The van der Waals surface area contributed by atoms with E-state index in [9.17, 15) is 19.2 Å². The van der Waals surface area contributed by atoms with Gasteiger partial charge in [0, 0.05) is 25.8 Å². The van der Waals surface area contributed by atoms with Gasteiger partial charge >= 0.3 is 11.7 Å². The SMILES string of the molecule is COC(=O)c1cccc(NC(=O)Cn2c(=O)c(N3CCCCC3)c(N)n(C)c2=O)c1. The first-order valence-corrected chi connectivity index (χ1v) is 9.66. The lowest BCUT2D eigenvalue weighted by Gasteiger charge is -2.29. The Labute approximate surface area is 172 Å². The van der Waals surface area contributed by atoms with Crippen LogP contribution < -0.4 is 27.2 Å². The molecule has 2 heterocycles. The van der Waals surface area contributed by atoms with Gasteiger partial charge in [0.2, 0.25) is 5.91 Å². The zero-order valence-corrected chi connectivity index (χ0v) is 17.0. The molecule has 0 spiro atoms. The van der Waals surface area contributed by atoms with Crippen LogP contribution in [0, 0.1) is 0 Å². The van der Waals surface area contributed by atoms with Gasteiger partial charge in [-0.2, -0.15) is 0 Å². The Balaban J connectivity index is 1.88. The van der Waals surface area contributed by atoms with Crippen LogP contribution in [0.3, 0.4) is 0 Å². The highest BCUT2D eigenvalue weighted by Crippen LogP contribution is 2.21. The van der Waals surface area contributed by atoms with E-state index < -0.39 is 29.7 Å². The van der Waals surface area contributed by atoms with Crippen molar-refractivity contribution in [1.29, 1.82) is 0 Å². The van der Waals surface area contributed by atoms with E-state index in [0.29, 0.717) is 18.8 Å². The third-order valence-electron chi connectivity index (χ3n) is 5.11. The number of nitrogens with zero attached hydrogens (tertiary/aromatic N) is 3. The summed E-state index contributed by atoms with van der Waals surface area (Å²) in [5.41, 5.74) is 5.66. The molecule has 10 nitrogen and oxygen atoms in total. The molecule has 1 amide bonds. The number of rotatable bonds is 5. The van der Waals surface area contributed by atoms with Crippen molar-refractivity contribution in [2.24, 2.45) is 7.05 Å². The standard InChI is InChI=1S/C20H25N5O5/c1-23-17(21)16(24-9-4-3-5-10-24)18(27)25(20(23)29)12-15(26)22-14-8-6-7-13(11-14)19(28)30-2/h6-8,11H,3-5,9-10,12,21H2,1-2H3,(H,22,26). The summed E-state index contributed by atoms with van der Waals surface area (Å²) < 4.78 is 6.71. The van der Waals surface area contributed by atoms with Crippen LogP contribution in [0.2, 0.25) is 0 Å². The van der Waals surface area contributed by atoms with Gasteiger partial charge < -0.3 is 20.7 Å². The van der Waals surface area contributed by atoms with Gasteiger partial charge in [0.15, 0.2) is 0 Å². The second-order valence-corrected chi connectivity index (χ2v) is 7.14. The maximum Gasteiger partial charge on any atom is 0.337 e. The van der Waals surface area contributed by atoms with Crippen LogP contribution >= 0.6 is 0 Å². The van der Waals surface area contributed by atoms with E-state index in [1.807, 2.05) is 4.90 Å². The van der Waals surface area contributed by atoms with Crippen LogP contribution in [-0.4, -0.2) is 41.2 Å². The molecular weight excluding hydrogens is 390 g/mol. The fourth-order valence-electron chi connectivity index (χ4n) is 3.51. The Kier molecular flexibility index (Phi) is 6.24. The second kappa shape index (κ2) is 8.85. The number of piperidine rings is 1. The Morgan fingerprint density at radius 2 is 1.87 bits per heavy atom. The molecule has 3 N–H and O–H groups in total. The molecule has 3 rings (SSSR count). The molecular formula is C20H25N5O5. The van der Waals surface area contributed by atoms with Crippen molar-refractivity contribution in [2.45, 2.75) is 25.8 Å². The number of carbonyl (C=O) groups is 2. The summed E-state index contributed by atoms with van der Waals surface area (Å²) in [5.74, 6) is -1.03. The maximum atomic E-state index is 13.0. The number of amides is 1. The molecule has 1 saturated heterocycles. The van der Waals surface area contributed by atoms with Gasteiger partial charge in [-0.15, -0.1) is 0 Å². The molecule has 1 aliphatic heterocycles. The highest BCUT2D eigenvalue weighted by molar-refractivity contribution is 5.94. The minimum atomic E-state index is -0.670. The molecule has 0 bridgehead atoms. The predicted octanol–water partition coefficient (Wildman–Crippen LogP) is 0.545. The molecule has 0 radical (unpaired) electrons. The van der Waals surface area contributed by atoms with Gasteiger partial charge in [0.1, 0.15) is 18.1 Å². The second-order valence-electron chi connectivity index (χ2n) is 7.14. The number of esters is 1. The van der Waals surface area contributed by atoms with Crippen molar-refractivity contribution in [2.75, 3.05) is 36.1 Å². The molecule has 1 aliphatic rings. The van der Waals surface area contributed by atoms with Gasteiger partial charge in [-0.3, -0.25) is 14.2 Å². The largest absolute Gasteiger partial charge is 0.465 e. The lowest BCUT2D eigenvalue weighted by atomic mass is 10.1. The van der Waals surface area contributed by atoms with Gasteiger partial charge in [-0.05, 0) is 37.5 Å². The summed E-state index contributed by atoms with van der Waals surface area (Å²) in [6.45, 7) is 0.864. The Morgan fingerprint density at radius 1 is 1.17 bits per heavy atom. The average molecular weight is 415 g/mol. The monoisotopic (exact) mass is 415 g/mol. The van der Waals surface area contributed by atoms with Gasteiger partial charge in [-0.1, -0.05) is 6.07 Å². The fourth-order valence-corrected chi connectivity index (χ4v) is 3.51. The Bertz CT molecular complexity index is 1080. The Hall–Kier alpha value is -3.56. The van der Waals surface area contributed by atoms with Crippen LogP contribution in [0.25, 0.3) is 0 Å². The summed E-state index contributed by atoms with van der Waals surface area (Å²) in [5, 5.41) is 2.60. The molecule has 1 aromatic carbocycles. The number of aromatic nitrogens is 2. The van der Waals surface area contributed by atoms with E-state index in [2.05, 4.69) is 10.1 Å². The number of carbonyl (C=O) groups excluding carboxylic acids is 2. The molecule has 30 heavy (non-hydrogen) atoms. The van der Waals surface area contributed by atoms with E-state index in [-0.39, 0.29) is 17.1 Å². The molecule has 0 atom stereocenters. The van der Waals surface area contributed by atoms with Gasteiger partial charge in [0.05, 0.1) is 12.7 Å². The smallest absolute Gasteiger partial charge is 0.337 e. The van der Waals surface area contributed by atoms with E-state index in [0.717, 1.165) is 23.8 Å². The quantitative estimate of drug-likeness (QED) is 0.682. The minimum Gasteiger partial charge on any atom is -0.465 e. The molecule has 10 heteroatoms. The summed E-state index contributed by atoms with van der Waals surface area (Å²) in [6.07, 6.45) is 2.93. The van der Waals surface area contributed by atoms with Crippen molar-refractivity contribution < 1.29 is 14.3 Å². The number of nitrogens with one attached hydrogen (secondary N) is 1. The summed E-state index contributed by atoms with van der Waals surface area (Å²) in [7, 11) is 2.73. The highest BCUT2D eigenvalue weighted by Gasteiger charge is 2.23. The van der Waals surface area contributed by atoms with Crippen LogP contribution in [0.4, 0.5) is 17.2 Å². The number of nitrogens with two attached hydrogens (primary N) is 1. The third-order valence-corrected chi connectivity index (χ3v) is 5.11. The summed E-state index contributed by atoms with van der Waals surface area (Å²) >= 11 is 0. The minimum absolute atomic E-state index is 0.0920. The first kappa shape index (κ1) is 21.2. The molecule has 1 aromatic heterocycles. The first-order chi connectivity index (χ1) is 14.3. The number of methoxy groups -OCH3 is 1. The van der Waals surface area contributed by atoms with E-state index in [1.165, 1.54) is 24.8 Å². The van der Waals surface area contributed by atoms with Crippen molar-refractivity contribution in [3.8, 4) is 0 Å². The van der Waals surface area contributed by atoms with Crippen LogP contribution in [0.15, 0.2) is 33.9 Å². The van der Waals surface area contributed by atoms with E-state index in [4.69, 9.17) is 5.73 Å². The number of benzene rings is 1. The zero-order valence-electron chi connectivity index (χ0n) is 17.0. The van der Waals surface area contributed by atoms with Crippen LogP contribution in [-0.2, 0) is 23.1 Å². The Morgan fingerprint density at radius 3 is 2.53 bits per heavy atom. The van der Waals surface area contributed by atoms with Crippen molar-refractivity contribution in [1.82, 2.24) is 9.13 Å². The third kappa shape index (κ3) is 4.22. The lowest BCUT2D eigenvalue weighted by Crippen LogP contribution is -2.46. The van der Waals surface area contributed by atoms with Crippen molar-refractivity contribution in [3.05, 3.63) is 50.7 Å². The predicted molar refractivity (Wildman–Crippen MR) is 113 cm³/mol. The van der Waals surface area contributed by atoms with Crippen LogP contribution in [0.1, 0.15) is 29.6 Å².